The molecule has 1 saturated heterocycles. The standard InChI is InChI=1S/C17H25N.BrH/c1-4-12-18-13-11-17(5-2,15(3)14-18)16-9-7-6-8-10-16;/h4,6-10,15H,1,5,11-14H2,2-3H3;1H. The molecule has 0 radical (unpaired) electrons. The lowest BCUT2D eigenvalue weighted by Gasteiger charge is -2.47. The van der Waals surface area contributed by atoms with E-state index in [0.29, 0.717) is 11.3 Å². The molecule has 1 nitrogen and oxygen atoms in total. The Labute approximate surface area is 128 Å². The predicted molar refractivity (Wildman–Crippen MR) is 89.2 cm³/mol. The number of rotatable bonds is 4. The highest BCUT2D eigenvalue weighted by atomic mass is 79.9. The van der Waals surface area contributed by atoms with Crippen molar-refractivity contribution in [2.45, 2.75) is 32.1 Å². The Kier molecular flexibility index (Phi) is 6.28. The van der Waals surface area contributed by atoms with Crippen molar-refractivity contribution in [2.24, 2.45) is 5.92 Å². The van der Waals surface area contributed by atoms with Gasteiger partial charge in [0.05, 0.1) is 0 Å². The molecule has 0 N–H and O–H groups in total. The highest BCUT2D eigenvalue weighted by molar-refractivity contribution is 8.93. The van der Waals surface area contributed by atoms with Crippen LogP contribution in [0.3, 0.4) is 0 Å². The van der Waals surface area contributed by atoms with E-state index < -0.39 is 0 Å². The molecule has 2 atom stereocenters. The monoisotopic (exact) mass is 323 g/mol. The summed E-state index contributed by atoms with van der Waals surface area (Å²) in [5.41, 5.74) is 1.90. The van der Waals surface area contributed by atoms with Gasteiger partial charge >= 0.3 is 0 Å². The van der Waals surface area contributed by atoms with Gasteiger partial charge in [-0.15, -0.1) is 23.6 Å². The molecule has 1 heterocycles. The molecule has 106 valence electrons. The van der Waals surface area contributed by atoms with E-state index in [1.807, 2.05) is 6.08 Å². The number of benzene rings is 1. The molecule has 0 saturated carbocycles. The molecule has 1 aromatic rings. The molecule has 0 aliphatic carbocycles. The van der Waals surface area contributed by atoms with Gasteiger partial charge in [-0.1, -0.05) is 50.3 Å². The van der Waals surface area contributed by atoms with E-state index >= 15 is 0 Å². The van der Waals surface area contributed by atoms with Crippen molar-refractivity contribution in [1.82, 2.24) is 4.90 Å². The van der Waals surface area contributed by atoms with Gasteiger partial charge in [-0.25, -0.2) is 0 Å². The van der Waals surface area contributed by atoms with Crippen molar-refractivity contribution in [3.63, 3.8) is 0 Å². The third-order valence-corrected chi connectivity index (χ3v) is 4.72. The minimum atomic E-state index is 0. The van der Waals surface area contributed by atoms with E-state index in [2.05, 4.69) is 55.7 Å². The van der Waals surface area contributed by atoms with Gasteiger partial charge in [-0.05, 0) is 30.9 Å². The van der Waals surface area contributed by atoms with Crippen molar-refractivity contribution in [3.8, 4) is 0 Å². The summed E-state index contributed by atoms with van der Waals surface area (Å²) < 4.78 is 0. The van der Waals surface area contributed by atoms with Crippen LogP contribution in [-0.4, -0.2) is 24.5 Å². The Hall–Kier alpha value is -0.600. The zero-order chi connectivity index (χ0) is 13.0. The van der Waals surface area contributed by atoms with E-state index in [1.54, 1.807) is 0 Å². The van der Waals surface area contributed by atoms with E-state index in [0.717, 1.165) is 6.54 Å². The van der Waals surface area contributed by atoms with Crippen LogP contribution in [-0.2, 0) is 5.41 Å². The van der Waals surface area contributed by atoms with Gasteiger partial charge in [0, 0.05) is 18.5 Å². The molecule has 2 heteroatoms. The summed E-state index contributed by atoms with van der Waals surface area (Å²) in [6, 6.07) is 11.1. The SMILES string of the molecule is Br.C=CCN1CCC(CC)(c2ccccc2)C(C)C1. The van der Waals surface area contributed by atoms with Crippen LogP contribution in [0.5, 0.6) is 0 Å². The summed E-state index contributed by atoms with van der Waals surface area (Å²) in [4.78, 5) is 2.52. The van der Waals surface area contributed by atoms with Gasteiger partial charge < -0.3 is 0 Å². The van der Waals surface area contributed by atoms with Crippen LogP contribution in [0.15, 0.2) is 43.0 Å². The van der Waals surface area contributed by atoms with Gasteiger partial charge in [0.2, 0.25) is 0 Å². The van der Waals surface area contributed by atoms with E-state index in [-0.39, 0.29) is 17.0 Å². The second kappa shape index (κ2) is 7.25. The molecule has 0 aromatic heterocycles. The van der Waals surface area contributed by atoms with Gasteiger partial charge in [-0.3, -0.25) is 4.90 Å². The summed E-state index contributed by atoms with van der Waals surface area (Å²) in [7, 11) is 0. The van der Waals surface area contributed by atoms with Crippen molar-refractivity contribution < 1.29 is 0 Å². The third kappa shape index (κ3) is 3.29. The number of halogens is 1. The second-order valence-corrected chi connectivity index (χ2v) is 5.58. The van der Waals surface area contributed by atoms with Crippen molar-refractivity contribution in [3.05, 3.63) is 48.6 Å². The maximum Gasteiger partial charge on any atom is 0.0160 e. The molecule has 1 aliphatic rings. The summed E-state index contributed by atoms with van der Waals surface area (Å²) >= 11 is 0. The fourth-order valence-corrected chi connectivity index (χ4v) is 3.53. The molecule has 2 unspecified atom stereocenters. The maximum atomic E-state index is 3.85. The first kappa shape index (κ1) is 16.5. The van der Waals surface area contributed by atoms with Gasteiger partial charge in [-0.2, -0.15) is 0 Å². The molecule has 2 rings (SSSR count). The smallest absolute Gasteiger partial charge is 0.0160 e. The Morgan fingerprint density at radius 2 is 2.05 bits per heavy atom. The third-order valence-electron chi connectivity index (χ3n) is 4.72. The molecule has 19 heavy (non-hydrogen) atoms. The van der Waals surface area contributed by atoms with Gasteiger partial charge in [0.15, 0.2) is 0 Å². The van der Waals surface area contributed by atoms with Crippen molar-refractivity contribution >= 4 is 17.0 Å². The van der Waals surface area contributed by atoms with Gasteiger partial charge in [0.1, 0.15) is 0 Å². The molecule has 1 aliphatic heterocycles. The Bertz CT molecular complexity index is 390. The molecule has 0 spiro atoms. The molecule has 0 bridgehead atoms. The highest BCUT2D eigenvalue weighted by Crippen LogP contribution is 2.42. The molecule has 1 fully saturated rings. The first-order valence-electron chi connectivity index (χ1n) is 7.11. The lowest BCUT2D eigenvalue weighted by atomic mass is 9.65. The van der Waals surface area contributed by atoms with Crippen LogP contribution in [0.2, 0.25) is 0 Å². The number of nitrogens with zero attached hydrogens (tertiary/aromatic N) is 1. The van der Waals surface area contributed by atoms with Gasteiger partial charge in [0.25, 0.3) is 0 Å². The maximum absolute atomic E-state index is 3.85. The summed E-state index contributed by atoms with van der Waals surface area (Å²) in [5.74, 6) is 0.707. The molecular weight excluding hydrogens is 298 g/mol. The van der Waals surface area contributed by atoms with Crippen LogP contribution in [0, 0.1) is 5.92 Å². The average Bonchev–Trinajstić information content (AvgIpc) is 2.41. The Morgan fingerprint density at radius 1 is 1.37 bits per heavy atom. The zero-order valence-electron chi connectivity index (χ0n) is 12.1. The lowest BCUT2D eigenvalue weighted by molar-refractivity contribution is 0.106. The van der Waals surface area contributed by atoms with E-state index in [9.17, 15) is 0 Å². The number of hydrogen-bond acceptors (Lipinski definition) is 1. The van der Waals surface area contributed by atoms with Crippen LogP contribution >= 0.6 is 17.0 Å². The molecule has 0 amide bonds. The molecule has 1 aromatic carbocycles. The minimum Gasteiger partial charge on any atom is -0.299 e. The first-order valence-corrected chi connectivity index (χ1v) is 7.11. The number of piperidine rings is 1. The Morgan fingerprint density at radius 3 is 2.58 bits per heavy atom. The zero-order valence-corrected chi connectivity index (χ0v) is 13.9. The normalized spacial score (nSPS) is 27.6. The van der Waals surface area contributed by atoms with E-state index in [4.69, 9.17) is 0 Å². The van der Waals surface area contributed by atoms with Crippen LogP contribution < -0.4 is 0 Å². The largest absolute Gasteiger partial charge is 0.299 e. The van der Waals surface area contributed by atoms with Crippen LogP contribution in [0.1, 0.15) is 32.3 Å². The number of likely N-dealkylation sites (tertiary alicyclic amines) is 1. The van der Waals surface area contributed by atoms with E-state index in [1.165, 1.54) is 31.5 Å². The summed E-state index contributed by atoms with van der Waals surface area (Å²) in [6.07, 6.45) is 4.52. The Balaban J connectivity index is 0.00000180. The van der Waals surface area contributed by atoms with Crippen molar-refractivity contribution in [1.29, 1.82) is 0 Å². The van der Waals surface area contributed by atoms with Crippen LogP contribution in [0.25, 0.3) is 0 Å². The highest BCUT2D eigenvalue weighted by Gasteiger charge is 2.39. The predicted octanol–water partition coefficient (Wildman–Crippen LogP) is 4.44. The molecular formula is C17H26BrN. The van der Waals surface area contributed by atoms with Crippen molar-refractivity contribution in [2.75, 3.05) is 19.6 Å². The van der Waals surface area contributed by atoms with Crippen LogP contribution in [0.4, 0.5) is 0 Å². The average molecular weight is 324 g/mol. The fourth-order valence-electron chi connectivity index (χ4n) is 3.53. The number of hydrogen-bond donors (Lipinski definition) is 0. The lowest BCUT2D eigenvalue weighted by Crippen LogP contribution is -2.48. The first-order chi connectivity index (χ1) is 8.73. The topological polar surface area (TPSA) is 3.24 Å². The summed E-state index contributed by atoms with van der Waals surface area (Å²) in [5, 5.41) is 0. The fraction of sp³-hybridized carbons (Fsp3) is 0.529. The quantitative estimate of drug-likeness (QED) is 0.740. The second-order valence-electron chi connectivity index (χ2n) is 5.58. The summed E-state index contributed by atoms with van der Waals surface area (Å²) in [6.45, 7) is 12.0. The minimum absolute atomic E-state index is 0.